The molecule has 7 nitrogen and oxygen atoms in total. The highest BCUT2D eigenvalue weighted by Crippen LogP contribution is 2.23. The molecule has 1 N–H and O–H groups in total. The molecule has 1 atom stereocenters. The number of nitrogens with one attached hydrogen (secondary N) is 1. The molecule has 1 unspecified atom stereocenters. The SMILES string of the molecule is COCCCn1c(SC(C)C(=O)N(C(C)C)C(C)C)n[nH]c1=O. The number of aromatic nitrogens is 3. The molecule has 0 aliphatic rings. The molecule has 1 aromatic rings. The van der Waals surface area contributed by atoms with Gasteiger partial charge in [0.15, 0.2) is 5.16 Å². The van der Waals surface area contributed by atoms with Crippen LogP contribution in [-0.2, 0) is 16.1 Å². The average molecular weight is 344 g/mol. The zero-order valence-electron chi connectivity index (χ0n) is 14.8. The Labute approximate surface area is 141 Å². The number of ether oxygens (including phenoxy) is 1. The van der Waals surface area contributed by atoms with Crippen LogP contribution in [0, 0.1) is 0 Å². The number of aromatic amines is 1. The zero-order valence-corrected chi connectivity index (χ0v) is 15.6. The second-order valence-electron chi connectivity index (χ2n) is 6.00. The van der Waals surface area contributed by atoms with Crippen molar-refractivity contribution in [2.24, 2.45) is 0 Å². The minimum absolute atomic E-state index is 0.0545. The van der Waals surface area contributed by atoms with Gasteiger partial charge in [0.05, 0.1) is 5.25 Å². The normalized spacial score (nSPS) is 12.9. The van der Waals surface area contributed by atoms with Gasteiger partial charge in [-0.15, -0.1) is 5.10 Å². The quantitative estimate of drug-likeness (QED) is 0.545. The number of carbonyl (C=O) groups excluding carboxylic acids is 1. The highest BCUT2D eigenvalue weighted by molar-refractivity contribution is 8.00. The molecular weight excluding hydrogens is 316 g/mol. The lowest BCUT2D eigenvalue weighted by molar-refractivity contribution is -0.133. The van der Waals surface area contributed by atoms with Crippen LogP contribution >= 0.6 is 11.8 Å². The third-order valence-electron chi connectivity index (χ3n) is 3.45. The Balaban J connectivity index is 2.82. The van der Waals surface area contributed by atoms with Crippen LogP contribution in [0.5, 0.6) is 0 Å². The highest BCUT2D eigenvalue weighted by Gasteiger charge is 2.27. The molecule has 23 heavy (non-hydrogen) atoms. The summed E-state index contributed by atoms with van der Waals surface area (Å²) in [4.78, 5) is 26.4. The fourth-order valence-corrected chi connectivity index (χ4v) is 3.42. The zero-order chi connectivity index (χ0) is 17.6. The Morgan fingerprint density at radius 3 is 2.43 bits per heavy atom. The summed E-state index contributed by atoms with van der Waals surface area (Å²) in [5, 5.41) is 6.73. The number of amides is 1. The maximum Gasteiger partial charge on any atom is 0.343 e. The highest BCUT2D eigenvalue weighted by atomic mass is 32.2. The number of methoxy groups -OCH3 is 1. The Kier molecular flexibility index (Phi) is 7.84. The first kappa shape index (κ1) is 19.8. The predicted molar refractivity (Wildman–Crippen MR) is 91.8 cm³/mol. The van der Waals surface area contributed by atoms with Crippen molar-refractivity contribution >= 4 is 17.7 Å². The smallest absolute Gasteiger partial charge is 0.343 e. The fraction of sp³-hybridized carbons (Fsp3) is 0.800. The molecule has 8 heteroatoms. The van der Waals surface area contributed by atoms with E-state index >= 15 is 0 Å². The van der Waals surface area contributed by atoms with Crippen LogP contribution in [-0.4, -0.2) is 56.6 Å². The minimum atomic E-state index is -0.309. The van der Waals surface area contributed by atoms with Gasteiger partial charge in [0, 0.05) is 32.3 Å². The fourth-order valence-electron chi connectivity index (χ4n) is 2.48. The summed E-state index contributed by atoms with van der Waals surface area (Å²) in [6.07, 6.45) is 0.718. The molecule has 0 aliphatic carbocycles. The van der Waals surface area contributed by atoms with E-state index in [2.05, 4.69) is 10.2 Å². The van der Waals surface area contributed by atoms with Gasteiger partial charge >= 0.3 is 5.69 Å². The van der Waals surface area contributed by atoms with Gasteiger partial charge in [-0.3, -0.25) is 9.36 Å². The number of rotatable bonds is 9. The van der Waals surface area contributed by atoms with Crippen molar-refractivity contribution in [1.82, 2.24) is 19.7 Å². The van der Waals surface area contributed by atoms with E-state index < -0.39 is 0 Å². The van der Waals surface area contributed by atoms with Gasteiger partial charge in [-0.1, -0.05) is 11.8 Å². The van der Waals surface area contributed by atoms with Gasteiger partial charge in [0.25, 0.3) is 0 Å². The number of H-pyrrole nitrogens is 1. The van der Waals surface area contributed by atoms with Crippen molar-refractivity contribution in [3.8, 4) is 0 Å². The standard InChI is InChI=1S/C15H28N4O3S/c1-10(2)19(11(3)4)13(20)12(5)23-15-17-16-14(21)18(15)8-7-9-22-6/h10-12H,7-9H2,1-6H3,(H,16,21). The maximum atomic E-state index is 12.7. The lowest BCUT2D eigenvalue weighted by Gasteiger charge is -2.32. The van der Waals surface area contributed by atoms with Gasteiger partial charge in [-0.05, 0) is 41.0 Å². The molecule has 1 amide bonds. The van der Waals surface area contributed by atoms with E-state index in [0.717, 1.165) is 6.42 Å². The first-order chi connectivity index (χ1) is 10.8. The van der Waals surface area contributed by atoms with E-state index in [1.807, 2.05) is 39.5 Å². The molecule has 0 aromatic carbocycles. The Morgan fingerprint density at radius 1 is 1.30 bits per heavy atom. The maximum absolute atomic E-state index is 12.7. The summed E-state index contributed by atoms with van der Waals surface area (Å²) >= 11 is 1.31. The summed E-state index contributed by atoms with van der Waals surface area (Å²) < 4.78 is 6.57. The van der Waals surface area contributed by atoms with Crippen LogP contribution in [0.2, 0.25) is 0 Å². The number of thioether (sulfide) groups is 1. The lowest BCUT2D eigenvalue weighted by atomic mass is 10.2. The molecule has 1 aromatic heterocycles. The van der Waals surface area contributed by atoms with Crippen LogP contribution < -0.4 is 5.69 Å². The van der Waals surface area contributed by atoms with Crippen molar-refractivity contribution in [3.05, 3.63) is 10.5 Å². The Bertz CT molecular complexity index is 545. The summed E-state index contributed by atoms with van der Waals surface area (Å²) in [6, 6.07) is 0.266. The van der Waals surface area contributed by atoms with Gasteiger partial charge in [-0.2, -0.15) is 0 Å². The summed E-state index contributed by atoms with van der Waals surface area (Å²) in [7, 11) is 1.63. The minimum Gasteiger partial charge on any atom is -0.385 e. The second-order valence-corrected chi connectivity index (χ2v) is 7.31. The van der Waals surface area contributed by atoms with Crippen molar-refractivity contribution < 1.29 is 9.53 Å². The van der Waals surface area contributed by atoms with Gasteiger partial charge in [0.2, 0.25) is 5.91 Å². The molecule has 0 saturated carbocycles. The Hall–Kier alpha value is -1.28. The van der Waals surface area contributed by atoms with E-state index in [0.29, 0.717) is 18.3 Å². The topological polar surface area (TPSA) is 80.2 Å². The van der Waals surface area contributed by atoms with E-state index in [9.17, 15) is 9.59 Å². The number of hydrogen-bond donors (Lipinski definition) is 1. The molecule has 0 aliphatic heterocycles. The first-order valence-corrected chi connectivity index (χ1v) is 8.80. The van der Waals surface area contributed by atoms with Crippen molar-refractivity contribution in [3.63, 3.8) is 0 Å². The van der Waals surface area contributed by atoms with E-state index in [4.69, 9.17) is 4.74 Å². The van der Waals surface area contributed by atoms with Gasteiger partial charge < -0.3 is 9.64 Å². The predicted octanol–water partition coefficient (Wildman–Crippen LogP) is 1.73. The third kappa shape index (κ3) is 5.39. The van der Waals surface area contributed by atoms with Crippen molar-refractivity contribution in [2.75, 3.05) is 13.7 Å². The van der Waals surface area contributed by atoms with Crippen LogP contribution in [0.15, 0.2) is 9.95 Å². The van der Waals surface area contributed by atoms with Crippen LogP contribution in [0.25, 0.3) is 0 Å². The van der Waals surface area contributed by atoms with Crippen LogP contribution in [0.1, 0.15) is 41.0 Å². The lowest BCUT2D eigenvalue weighted by Crippen LogP contribution is -2.45. The summed E-state index contributed by atoms with van der Waals surface area (Å²) in [6.45, 7) is 11.0. The molecule has 0 radical (unpaired) electrons. The summed E-state index contributed by atoms with van der Waals surface area (Å²) in [5.41, 5.74) is -0.257. The van der Waals surface area contributed by atoms with Crippen molar-refractivity contribution in [1.29, 1.82) is 0 Å². The molecule has 0 saturated heterocycles. The third-order valence-corrected chi connectivity index (χ3v) is 4.53. The second kappa shape index (κ2) is 9.12. The van der Waals surface area contributed by atoms with E-state index in [1.54, 1.807) is 11.7 Å². The van der Waals surface area contributed by atoms with Crippen LogP contribution in [0.3, 0.4) is 0 Å². The molecule has 0 fully saturated rings. The monoisotopic (exact) mass is 344 g/mol. The molecular formula is C15H28N4O3S. The van der Waals surface area contributed by atoms with Crippen LogP contribution in [0.4, 0.5) is 0 Å². The number of carbonyl (C=O) groups is 1. The average Bonchev–Trinajstić information content (AvgIpc) is 2.79. The van der Waals surface area contributed by atoms with Crippen molar-refractivity contribution in [2.45, 2.75) is 70.1 Å². The molecule has 1 rings (SSSR count). The summed E-state index contributed by atoms with van der Waals surface area (Å²) in [5.74, 6) is 0.0545. The van der Waals surface area contributed by atoms with Gasteiger partial charge in [0.1, 0.15) is 0 Å². The van der Waals surface area contributed by atoms with E-state index in [-0.39, 0.29) is 28.9 Å². The number of hydrogen-bond acceptors (Lipinski definition) is 5. The molecule has 132 valence electrons. The Morgan fingerprint density at radius 2 is 1.91 bits per heavy atom. The largest absolute Gasteiger partial charge is 0.385 e. The number of nitrogens with zero attached hydrogens (tertiary/aromatic N) is 3. The first-order valence-electron chi connectivity index (χ1n) is 7.92. The molecule has 0 spiro atoms. The van der Waals surface area contributed by atoms with Gasteiger partial charge in [-0.25, -0.2) is 9.89 Å². The molecule has 0 bridgehead atoms. The molecule has 1 heterocycles. The van der Waals surface area contributed by atoms with E-state index in [1.165, 1.54) is 11.8 Å².